The molecule has 11 heteroatoms. The Hall–Kier alpha value is -2.34. The Kier molecular flexibility index (Phi) is 4.49. The Morgan fingerprint density at radius 3 is 2.79 bits per heavy atom. The number of hydrogen-bond acceptors (Lipinski definition) is 8. The van der Waals surface area contributed by atoms with Gasteiger partial charge in [-0.15, -0.1) is 0 Å². The number of imidazole rings is 1. The molecular weight excluding hydrogens is 370 g/mol. The van der Waals surface area contributed by atoms with Crippen molar-refractivity contribution in [3.05, 3.63) is 16.7 Å². The van der Waals surface area contributed by atoms with Crippen molar-refractivity contribution in [3.8, 4) is 0 Å². The van der Waals surface area contributed by atoms with Gasteiger partial charge in [0.25, 0.3) is 5.56 Å². The zero-order chi connectivity index (χ0) is 20.2. The van der Waals surface area contributed by atoms with Crippen molar-refractivity contribution in [2.75, 3.05) is 11.9 Å². The molecule has 2 aliphatic rings. The zero-order valence-electron chi connectivity index (χ0n) is 16.0. The molecule has 0 spiro atoms. The monoisotopic (exact) mass is 393 g/mol. The first-order valence-electron chi connectivity index (χ1n) is 9.10. The molecule has 3 N–H and O–H groups in total. The van der Waals surface area contributed by atoms with Crippen molar-refractivity contribution < 1.29 is 24.1 Å². The van der Waals surface area contributed by atoms with Crippen LogP contribution in [0.25, 0.3) is 11.2 Å². The Bertz CT molecular complexity index is 967. The van der Waals surface area contributed by atoms with E-state index in [1.54, 1.807) is 32.3 Å². The van der Waals surface area contributed by atoms with Crippen LogP contribution in [0.1, 0.15) is 33.9 Å². The van der Waals surface area contributed by atoms with Gasteiger partial charge < -0.3 is 19.3 Å². The molecule has 2 aliphatic heterocycles. The molecule has 0 radical (unpaired) electrons. The van der Waals surface area contributed by atoms with Crippen LogP contribution in [-0.4, -0.2) is 61.2 Å². The average Bonchev–Trinajstić information content (AvgIpc) is 3.25. The first-order chi connectivity index (χ1) is 13.2. The number of hydrogen-bond donors (Lipinski definition) is 3. The van der Waals surface area contributed by atoms with E-state index in [4.69, 9.17) is 14.2 Å². The van der Waals surface area contributed by atoms with Crippen molar-refractivity contribution in [2.24, 2.45) is 5.92 Å². The summed E-state index contributed by atoms with van der Waals surface area (Å²) >= 11 is 0. The molecule has 4 atom stereocenters. The summed E-state index contributed by atoms with van der Waals surface area (Å²) < 4.78 is 19.3. The normalized spacial score (nSPS) is 28.8. The van der Waals surface area contributed by atoms with Gasteiger partial charge in [0.05, 0.1) is 12.9 Å². The largest absolute Gasteiger partial charge is 0.394 e. The van der Waals surface area contributed by atoms with E-state index in [1.807, 2.05) is 0 Å². The lowest BCUT2D eigenvalue weighted by Gasteiger charge is -2.24. The maximum absolute atomic E-state index is 12.4. The third-order valence-corrected chi connectivity index (χ3v) is 4.78. The molecule has 1 amide bonds. The molecule has 28 heavy (non-hydrogen) atoms. The van der Waals surface area contributed by atoms with E-state index >= 15 is 0 Å². The van der Waals surface area contributed by atoms with Gasteiger partial charge in [-0.05, 0) is 13.8 Å². The van der Waals surface area contributed by atoms with Crippen LogP contribution in [0.4, 0.5) is 5.95 Å². The third kappa shape index (κ3) is 3.09. The van der Waals surface area contributed by atoms with E-state index in [-0.39, 0.29) is 35.5 Å². The van der Waals surface area contributed by atoms with E-state index in [0.717, 1.165) is 0 Å². The Balaban J connectivity index is 1.74. The number of H-pyrrole nitrogens is 1. The molecule has 2 fully saturated rings. The van der Waals surface area contributed by atoms with Gasteiger partial charge in [-0.2, -0.15) is 4.98 Å². The second kappa shape index (κ2) is 6.62. The molecule has 0 unspecified atom stereocenters. The summed E-state index contributed by atoms with van der Waals surface area (Å²) in [6.07, 6.45) is -0.839. The number of rotatable bonds is 4. The standard InChI is InChI=1S/C17H23N5O6/c1-7(2)13(24)20-16-19-12-9(14(25)21-16)18-6-22(12)15-11-10(8(5-23)26-15)27-17(3,4)28-11/h6-8,10-11,15,23H,5H2,1-4H3,(H2,19,20,21,24,25)/t8-,10+,11+,15-/m0/s1. The number of amides is 1. The van der Waals surface area contributed by atoms with Crippen molar-refractivity contribution in [1.29, 1.82) is 0 Å². The highest BCUT2D eigenvalue weighted by atomic mass is 16.8. The number of carbonyl (C=O) groups excluding carboxylic acids is 1. The summed E-state index contributed by atoms with van der Waals surface area (Å²) in [5.74, 6) is -1.36. The quantitative estimate of drug-likeness (QED) is 0.665. The van der Waals surface area contributed by atoms with Crippen LogP contribution in [0.5, 0.6) is 0 Å². The fourth-order valence-electron chi connectivity index (χ4n) is 3.46. The number of fused-ring (bicyclic) bond motifs is 2. The lowest BCUT2D eigenvalue weighted by atomic mass is 10.1. The van der Waals surface area contributed by atoms with Crippen LogP contribution in [0, 0.1) is 5.92 Å². The van der Waals surface area contributed by atoms with E-state index < -0.39 is 35.9 Å². The molecule has 0 saturated carbocycles. The fourth-order valence-corrected chi connectivity index (χ4v) is 3.46. The summed E-state index contributed by atoms with van der Waals surface area (Å²) in [5.41, 5.74) is -0.147. The minimum Gasteiger partial charge on any atom is -0.394 e. The first-order valence-corrected chi connectivity index (χ1v) is 9.10. The summed E-state index contributed by atoms with van der Waals surface area (Å²) in [6.45, 7) is 6.79. The Morgan fingerprint density at radius 1 is 1.39 bits per heavy atom. The molecule has 0 aliphatic carbocycles. The van der Waals surface area contributed by atoms with Crippen LogP contribution in [0.3, 0.4) is 0 Å². The molecule has 11 nitrogen and oxygen atoms in total. The second-order valence-corrected chi connectivity index (χ2v) is 7.69. The number of aliphatic hydroxyl groups excluding tert-OH is 1. The third-order valence-electron chi connectivity index (χ3n) is 4.78. The SMILES string of the molecule is CC(C)C(=O)Nc1nc2c(ncn2[C@H]2O[C@@H](CO)[C@H]3OC(C)(C)O[C@H]32)c(=O)[nH]1. The topological polar surface area (TPSA) is 141 Å². The van der Waals surface area contributed by atoms with E-state index in [0.29, 0.717) is 0 Å². The van der Waals surface area contributed by atoms with Gasteiger partial charge in [-0.3, -0.25) is 24.5 Å². The number of aromatic amines is 1. The van der Waals surface area contributed by atoms with Gasteiger partial charge in [0.15, 0.2) is 23.2 Å². The van der Waals surface area contributed by atoms with E-state index in [9.17, 15) is 14.7 Å². The summed E-state index contributed by atoms with van der Waals surface area (Å²) in [4.78, 5) is 35.3. The minimum absolute atomic E-state index is 0.0233. The summed E-state index contributed by atoms with van der Waals surface area (Å²) in [5, 5.41) is 12.2. The second-order valence-electron chi connectivity index (χ2n) is 7.69. The number of aliphatic hydroxyl groups is 1. The van der Waals surface area contributed by atoms with E-state index in [2.05, 4.69) is 20.3 Å². The lowest BCUT2D eigenvalue weighted by molar-refractivity contribution is -0.199. The van der Waals surface area contributed by atoms with Crippen molar-refractivity contribution in [2.45, 2.75) is 58.0 Å². The Labute approximate surface area is 160 Å². The molecule has 152 valence electrons. The molecule has 0 bridgehead atoms. The molecule has 4 rings (SSSR count). The van der Waals surface area contributed by atoms with Gasteiger partial charge in [-0.1, -0.05) is 13.8 Å². The lowest BCUT2D eigenvalue weighted by Crippen LogP contribution is -2.31. The molecule has 2 aromatic rings. The van der Waals surface area contributed by atoms with Crippen molar-refractivity contribution >= 4 is 23.0 Å². The van der Waals surface area contributed by atoms with Crippen LogP contribution in [0.2, 0.25) is 0 Å². The van der Waals surface area contributed by atoms with Crippen molar-refractivity contribution in [1.82, 2.24) is 19.5 Å². The van der Waals surface area contributed by atoms with Gasteiger partial charge in [-0.25, -0.2) is 4.98 Å². The number of carbonyl (C=O) groups is 1. The van der Waals surface area contributed by atoms with Crippen LogP contribution in [0.15, 0.2) is 11.1 Å². The first kappa shape index (κ1) is 19.0. The molecular formula is C17H23N5O6. The number of nitrogens with zero attached hydrogens (tertiary/aromatic N) is 3. The fraction of sp³-hybridized carbons (Fsp3) is 0.647. The highest BCUT2D eigenvalue weighted by Crippen LogP contribution is 2.43. The number of anilines is 1. The summed E-state index contributed by atoms with van der Waals surface area (Å²) in [7, 11) is 0. The van der Waals surface area contributed by atoms with Gasteiger partial charge >= 0.3 is 0 Å². The average molecular weight is 393 g/mol. The van der Waals surface area contributed by atoms with Crippen LogP contribution >= 0.6 is 0 Å². The predicted octanol–water partition coefficient (Wildman–Crippen LogP) is 0.124. The number of aromatic nitrogens is 4. The summed E-state index contributed by atoms with van der Waals surface area (Å²) in [6, 6.07) is 0. The van der Waals surface area contributed by atoms with Gasteiger partial charge in [0.1, 0.15) is 18.3 Å². The molecule has 0 aromatic carbocycles. The molecule has 2 aromatic heterocycles. The highest BCUT2D eigenvalue weighted by Gasteiger charge is 2.56. The maximum Gasteiger partial charge on any atom is 0.280 e. The number of ether oxygens (including phenoxy) is 3. The number of nitrogens with one attached hydrogen (secondary N) is 2. The predicted molar refractivity (Wildman–Crippen MR) is 96.4 cm³/mol. The van der Waals surface area contributed by atoms with Gasteiger partial charge in [0, 0.05) is 5.92 Å². The zero-order valence-corrected chi connectivity index (χ0v) is 16.0. The molecule has 2 saturated heterocycles. The Morgan fingerprint density at radius 2 is 2.11 bits per heavy atom. The van der Waals surface area contributed by atoms with Gasteiger partial charge in [0.2, 0.25) is 11.9 Å². The van der Waals surface area contributed by atoms with E-state index in [1.165, 1.54) is 6.33 Å². The van der Waals surface area contributed by atoms with Crippen LogP contribution < -0.4 is 10.9 Å². The minimum atomic E-state index is -0.831. The van der Waals surface area contributed by atoms with Crippen molar-refractivity contribution in [3.63, 3.8) is 0 Å². The van der Waals surface area contributed by atoms with Crippen LogP contribution in [-0.2, 0) is 19.0 Å². The smallest absolute Gasteiger partial charge is 0.280 e. The maximum atomic E-state index is 12.4. The highest BCUT2D eigenvalue weighted by molar-refractivity contribution is 5.91. The molecule has 4 heterocycles.